The van der Waals surface area contributed by atoms with Crippen molar-refractivity contribution in [1.82, 2.24) is 9.97 Å². The highest BCUT2D eigenvalue weighted by molar-refractivity contribution is 5.78. The van der Waals surface area contributed by atoms with Gasteiger partial charge in [0.25, 0.3) is 0 Å². The largest absolute Gasteiger partial charge is 0.481 e. The molecule has 0 saturated heterocycles. The molecule has 1 aromatic rings. The Hall–Kier alpha value is -1.85. The van der Waals surface area contributed by atoms with E-state index in [2.05, 4.69) is 15.3 Å². The zero-order chi connectivity index (χ0) is 9.68. The van der Waals surface area contributed by atoms with Gasteiger partial charge in [0, 0.05) is 6.07 Å². The standard InChI is InChI=1S/C7H10N4O2/c1-13-7-2-6(10-4-11-7)9-3-5(8)12/h2,4H,3H2,1H3,(H2,8,12)(H,9,10,11). The van der Waals surface area contributed by atoms with Crippen LogP contribution < -0.4 is 15.8 Å². The van der Waals surface area contributed by atoms with E-state index in [9.17, 15) is 4.79 Å². The molecule has 0 radical (unpaired) electrons. The van der Waals surface area contributed by atoms with Crippen LogP contribution in [0.1, 0.15) is 0 Å². The molecule has 1 aromatic heterocycles. The third-order valence-electron chi connectivity index (χ3n) is 1.29. The van der Waals surface area contributed by atoms with Gasteiger partial charge in [0.15, 0.2) is 0 Å². The van der Waals surface area contributed by atoms with E-state index in [0.717, 1.165) is 0 Å². The molecular weight excluding hydrogens is 172 g/mol. The number of carbonyl (C=O) groups excluding carboxylic acids is 1. The van der Waals surface area contributed by atoms with Crippen LogP contribution in [0.25, 0.3) is 0 Å². The van der Waals surface area contributed by atoms with Gasteiger partial charge in [-0.15, -0.1) is 0 Å². The molecule has 0 saturated carbocycles. The normalized spacial score (nSPS) is 9.31. The van der Waals surface area contributed by atoms with E-state index < -0.39 is 5.91 Å². The van der Waals surface area contributed by atoms with Crippen molar-refractivity contribution in [3.8, 4) is 5.88 Å². The summed E-state index contributed by atoms with van der Waals surface area (Å²) in [6.07, 6.45) is 1.34. The van der Waals surface area contributed by atoms with Crippen LogP contribution in [0, 0.1) is 0 Å². The lowest BCUT2D eigenvalue weighted by Gasteiger charge is -2.03. The molecule has 1 rings (SSSR count). The van der Waals surface area contributed by atoms with Gasteiger partial charge in [-0.05, 0) is 0 Å². The number of anilines is 1. The van der Waals surface area contributed by atoms with E-state index >= 15 is 0 Å². The van der Waals surface area contributed by atoms with Crippen molar-refractivity contribution >= 4 is 11.7 Å². The van der Waals surface area contributed by atoms with Crippen LogP contribution in [0.4, 0.5) is 5.82 Å². The Bertz CT molecular complexity index is 302. The SMILES string of the molecule is COc1cc(NCC(N)=O)ncn1. The van der Waals surface area contributed by atoms with Crippen molar-refractivity contribution in [3.63, 3.8) is 0 Å². The molecule has 0 bridgehead atoms. The molecule has 0 aliphatic heterocycles. The number of carbonyl (C=O) groups is 1. The van der Waals surface area contributed by atoms with E-state index in [-0.39, 0.29) is 6.54 Å². The van der Waals surface area contributed by atoms with Crippen LogP contribution in [0.5, 0.6) is 5.88 Å². The van der Waals surface area contributed by atoms with Crippen LogP contribution in [0.3, 0.4) is 0 Å². The average Bonchev–Trinajstić information content (AvgIpc) is 2.15. The second kappa shape index (κ2) is 4.24. The van der Waals surface area contributed by atoms with Crippen molar-refractivity contribution < 1.29 is 9.53 Å². The zero-order valence-electron chi connectivity index (χ0n) is 7.15. The van der Waals surface area contributed by atoms with Gasteiger partial charge in [-0.25, -0.2) is 9.97 Å². The first kappa shape index (κ1) is 9.24. The summed E-state index contributed by atoms with van der Waals surface area (Å²) in [5, 5.41) is 2.71. The molecule has 0 spiro atoms. The van der Waals surface area contributed by atoms with Crippen LogP contribution in [-0.4, -0.2) is 29.5 Å². The van der Waals surface area contributed by atoms with E-state index in [0.29, 0.717) is 11.7 Å². The first-order chi connectivity index (χ1) is 6.22. The second-order valence-corrected chi connectivity index (χ2v) is 2.27. The molecule has 0 unspecified atom stereocenters. The Morgan fingerprint density at radius 1 is 1.69 bits per heavy atom. The average molecular weight is 182 g/mol. The maximum atomic E-state index is 10.4. The van der Waals surface area contributed by atoms with Crippen molar-refractivity contribution in [1.29, 1.82) is 0 Å². The summed E-state index contributed by atoms with van der Waals surface area (Å²) >= 11 is 0. The summed E-state index contributed by atoms with van der Waals surface area (Å²) in [4.78, 5) is 18.1. The second-order valence-electron chi connectivity index (χ2n) is 2.27. The third kappa shape index (κ3) is 2.94. The molecule has 1 heterocycles. The monoisotopic (exact) mass is 182 g/mol. The van der Waals surface area contributed by atoms with Gasteiger partial charge in [0.1, 0.15) is 12.1 Å². The molecule has 0 aromatic carbocycles. The minimum atomic E-state index is -0.447. The Labute approximate surface area is 75.1 Å². The maximum absolute atomic E-state index is 10.4. The van der Waals surface area contributed by atoms with Gasteiger partial charge in [-0.2, -0.15) is 0 Å². The van der Waals surface area contributed by atoms with Gasteiger partial charge >= 0.3 is 0 Å². The third-order valence-corrected chi connectivity index (χ3v) is 1.29. The quantitative estimate of drug-likeness (QED) is 0.647. The van der Waals surface area contributed by atoms with Crippen LogP contribution in [0.2, 0.25) is 0 Å². The molecule has 3 N–H and O–H groups in total. The van der Waals surface area contributed by atoms with Crippen molar-refractivity contribution in [3.05, 3.63) is 12.4 Å². The fourth-order valence-corrected chi connectivity index (χ4v) is 0.725. The predicted molar refractivity (Wildman–Crippen MR) is 46.3 cm³/mol. The van der Waals surface area contributed by atoms with Gasteiger partial charge in [0.2, 0.25) is 11.8 Å². The number of methoxy groups -OCH3 is 1. The molecule has 0 aliphatic rings. The van der Waals surface area contributed by atoms with Gasteiger partial charge in [0.05, 0.1) is 13.7 Å². The number of nitrogens with zero attached hydrogens (tertiary/aromatic N) is 2. The van der Waals surface area contributed by atoms with Gasteiger partial charge < -0.3 is 15.8 Å². The minimum absolute atomic E-state index is 0.0418. The summed E-state index contributed by atoms with van der Waals surface area (Å²) in [6, 6.07) is 1.57. The minimum Gasteiger partial charge on any atom is -0.481 e. The van der Waals surface area contributed by atoms with Crippen LogP contribution in [0.15, 0.2) is 12.4 Å². The first-order valence-electron chi connectivity index (χ1n) is 3.60. The van der Waals surface area contributed by atoms with E-state index in [1.165, 1.54) is 13.4 Å². The number of rotatable bonds is 4. The highest BCUT2D eigenvalue weighted by atomic mass is 16.5. The Morgan fingerprint density at radius 2 is 2.46 bits per heavy atom. The lowest BCUT2D eigenvalue weighted by molar-refractivity contribution is -0.116. The lowest BCUT2D eigenvalue weighted by atomic mass is 10.5. The number of aromatic nitrogens is 2. The summed E-state index contributed by atoms with van der Waals surface area (Å²) in [5.74, 6) is 0.491. The number of hydrogen-bond acceptors (Lipinski definition) is 5. The summed E-state index contributed by atoms with van der Waals surface area (Å²) < 4.78 is 4.85. The van der Waals surface area contributed by atoms with Crippen LogP contribution >= 0.6 is 0 Å². The molecule has 0 aliphatic carbocycles. The summed E-state index contributed by atoms with van der Waals surface area (Å²) in [7, 11) is 1.50. The smallest absolute Gasteiger partial charge is 0.236 e. The lowest BCUT2D eigenvalue weighted by Crippen LogP contribution is -2.22. The van der Waals surface area contributed by atoms with Crippen LogP contribution in [-0.2, 0) is 4.79 Å². The van der Waals surface area contributed by atoms with E-state index in [4.69, 9.17) is 10.5 Å². The fourth-order valence-electron chi connectivity index (χ4n) is 0.725. The molecule has 70 valence electrons. The zero-order valence-corrected chi connectivity index (χ0v) is 7.15. The molecule has 6 heteroatoms. The Balaban J connectivity index is 2.61. The molecule has 13 heavy (non-hydrogen) atoms. The Kier molecular flexibility index (Phi) is 3.02. The molecule has 0 fully saturated rings. The van der Waals surface area contributed by atoms with Crippen molar-refractivity contribution in [2.75, 3.05) is 19.0 Å². The predicted octanol–water partition coefficient (Wildman–Crippen LogP) is -0.618. The Morgan fingerprint density at radius 3 is 3.08 bits per heavy atom. The number of nitrogens with two attached hydrogens (primary N) is 1. The summed E-state index contributed by atoms with van der Waals surface area (Å²) in [6.45, 7) is 0.0418. The van der Waals surface area contributed by atoms with E-state index in [1.54, 1.807) is 6.07 Å². The summed E-state index contributed by atoms with van der Waals surface area (Å²) in [5.41, 5.74) is 4.93. The van der Waals surface area contributed by atoms with E-state index in [1.807, 2.05) is 0 Å². The number of amides is 1. The molecular formula is C7H10N4O2. The first-order valence-corrected chi connectivity index (χ1v) is 3.60. The topological polar surface area (TPSA) is 90.1 Å². The highest BCUT2D eigenvalue weighted by Gasteiger charge is 1.98. The molecule has 1 amide bonds. The van der Waals surface area contributed by atoms with Gasteiger partial charge in [-0.3, -0.25) is 4.79 Å². The van der Waals surface area contributed by atoms with Crippen molar-refractivity contribution in [2.45, 2.75) is 0 Å². The van der Waals surface area contributed by atoms with Crippen molar-refractivity contribution in [2.24, 2.45) is 5.73 Å². The number of hydrogen-bond donors (Lipinski definition) is 2. The number of primary amides is 1. The maximum Gasteiger partial charge on any atom is 0.236 e. The number of nitrogens with one attached hydrogen (secondary N) is 1. The number of ether oxygens (including phenoxy) is 1. The highest BCUT2D eigenvalue weighted by Crippen LogP contribution is 2.08. The molecule has 0 atom stereocenters. The van der Waals surface area contributed by atoms with Gasteiger partial charge in [-0.1, -0.05) is 0 Å². The fraction of sp³-hybridized carbons (Fsp3) is 0.286. The molecule has 6 nitrogen and oxygen atoms in total.